The molecule has 0 amide bonds. The summed E-state index contributed by atoms with van der Waals surface area (Å²) in [6.07, 6.45) is 0. The van der Waals surface area contributed by atoms with Gasteiger partial charge in [0, 0.05) is 16.3 Å². The molecule has 0 atom stereocenters. The topological polar surface area (TPSA) is 13.1 Å². The van der Waals surface area contributed by atoms with Crippen molar-refractivity contribution in [2.75, 3.05) is 0 Å². The van der Waals surface area contributed by atoms with Crippen LogP contribution in [-0.4, -0.2) is 0 Å². The quantitative estimate of drug-likeness (QED) is 0.325. The Morgan fingerprint density at radius 3 is 2.38 bits per heavy atom. The third kappa shape index (κ3) is 2.32. The summed E-state index contributed by atoms with van der Waals surface area (Å²) >= 11 is 0. The average molecular weight is 336 g/mol. The average Bonchev–Trinajstić information content (AvgIpc) is 3.05. The first-order valence-corrected chi connectivity index (χ1v) is 9.15. The Balaban J connectivity index is 1.77. The Morgan fingerprint density at radius 1 is 0.692 bits per heavy atom. The van der Waals surface area contributed by atoms with Gasteiger partial charge in [0.25, 0.3) is 0 Å². The van der Waals surface area contributed by atoms with Crippen LogP contribution in [0.25, 0.3) is 43.8 Å². The van der Waals surface area contributed by atoms with Crippen molar-refractivity contribution in [2.45, 2.75) is 19.8 Å². The number of benzene rings is 4. The van der Waals surface area contributed by atoms with Gasteiger partial charge in [-0.1, -0.05) is 80.6 Å². The molecular weight excluding hydrogens is 316 g/mol. The van der Waals surface area contributed by atoms with Crippen LogP contribution in [0.4, 0.5) is 0 Å². The molecule has 0 saturated carbocycles. The lowest BCUT2D eigenvalue weighted by atomic mass is 9.98. The summed E-state index contributed by atoms with van der Waals surface area (Å²) in [5.41, 5.74) is 5.59. The van der Waals surface area contributed by atoms with E-state index in [2.05, 4.69) is 92.7 Å². The number of hydrogen-bond donors (Lipinski definition) is 0. The lowest BCUT2D eigenvalue weighted by molar-refractivity contribution is 0.668. The van der Waals surface area contributed by atoms with Crippen molar-refractivity contribution >= 4 is 32.7 Å². The van der Waals surface area contributed by atoms with E-state index in [4.69, 9.17) is 4.42 Å². The van der Waals surface area contributed by atoms with E-state index in [1.807, 2.05) is 0 Å². The van der Waals surface area contributed by atoms with Crippen LogP contribution in [0.2, 0.25) is 0 Å². The monoisotopic (exact) mass is 336 g/mol. The molecule has 0 aliphatic carbocycles. The van der Waals surface area contributed by atoms with E-state index < -0.39 is 0 Å². The standard InChI is InChI=1S/C25H20O/c1-16(2)18-12-13-22-23-9-5-8-21(25(23)26-24(22)15-18)20-11-10-17-6-3-4-7-19(17)14-20/h3-16H,1-2H3. The lowest BCUT2D eigenvalue weighted by Crippen LogP contribution is -1.84. The highest BCUT2D eigenvalue weighted by atomic mass is 16.3. The Hall–Kier alpha value is -3.06. The minimum absolute atomic E-state index is 0.493. The van der Waals surface area contributed by atoms with Gasteiger partial charge in [-0.05, 0) is 39.9 Å². The zero-order valence-electron chi connectivity index (χ0n) is 15.0. The fourth-order valence-corrected chi connectivity index (χ4v) is 3.76. The van der Waals surface area contributed by atoms with Crippen molar-refractivity contribution in [3.05, 3.63) is 84.4 Å². The zero-order chi connectivity index (χ0) is 17.7. The van der Waals surface area contributed by atoms with E-state index in [9.17, 15) is 0 Å². The molecule has 4 aromatic carbocycles. The number of fused-ring (bicyclic) bond motifs is 4. The first-order chi connectivity index (χ1) is 12.7. The summed E-state index contributed by atoms with van der Waals surface area (Å²) in [5, 5.41) is 4.88. The van der Waals surface area contributed by atoms with Crippen LogP contribution in [-0.2, 0) is 0 Å². The minimum atomic E-state index is 0.493. The second-order valence-electron chi connectivity index (χ2n) is 7.26. The maximum absolute atomic E-state index is 6.34. The van der Waals surface area contributed by atoms with Crippen LogP contribution in [0.5, 0.6) is 0 Å². The molecule has 0 aliphatic rings. The maximum atomic E-state index is 6.34. The van der Waals surface area contributed by atoms with E-state index in [0.717, 1.165) is 16.7 Å². The van der Waals surface area contributed by atoms with Gasteiger partial charge in [-0.3, -0.25) is 0 Å². The van der Waals surface area contributed by atoms with Gasteiger partial charge in [-0.2, -0.15) is 0 Å². The predicted molar refractivity (Wildman–Crippen MR) is 111 cm³/mol. The molecule has 126 valence electrons. The molecule has 0 saturated heterocycles. The Bertz CT molecular complexity index is 1260. The van der Waals surface area contributed by atoms with Gasteiger partial charge in [-0.25, -0.2) is 0 Å². The molecule has 0 spiro atoms. The first-order valence-electron chi connectivity index (χ1n) is 9.15. The van der Waals surface area contributed by atoms with E-state index in [-0.39, 0.29) is 0 Å². The van der Waals surface area contributed by atoms with Crippen LogP contribution in [0.1, 0.15) is 25.3 Å². The normalized spacial score (nSPS) is 11.8. The highest BCUT2D eigenvalue weighted by Gasteiger charge is 2.13. The third-order valence-corrected chi connectivity index (χ3v) is 5.25. The van der Waals surface area contributed by atoms with E-state index in [1.165, 1.54) is 32.7 Å². The number of furan rings is 1. The highest BCUT2D eigenvalue weighted by Crippen LogP contribution is 2.37. The highest BCUT2D eigenvalue weighted by molar-refractivity contribution is 6.10. The Labute approximate surface area is 152 Å². The van der Waals surface area contributed by atoms with Crippen LogP contribution < -0.4 is 0 Å². The van der Waals surface area contributed by atoms with Gasteiger partial charge in [0.05, 0.1) is 0 Å². The van der Waals surface area contributed by atoms with Crippen molar-refractivity contribution in [1.82, 2.24) is 0 Å². The fraction of sp³-hybridized carbons (Fsp3) is 0.120. The van der Waals surface area contributed by atoms with Crippen LogP contribution >= 0.6 is 0 Å². The van der Waals surface area contributed by atoms with Crippen LogP contribution in [0.3, 0.4) is 0 Å². The van der Waals surface area contributed by atoms with E-state index >= 15 is 0 Å². The zero-order valence-corrected chi connectivity index (χ0v) is 15.0. The third-order valence-electron chi connectivity index (χ3n) is 5.25. The summed E-state index contributed by atoms with van der Waals surface area (Å²) in [6, 6.07) is 28.1. The number of hydrogen-bond acceptors (Lipinski definition) is 1. The number of para-hydroxylation sites is 1. The predicted octanol–water partition coefficient (Wildman–Crippen LogP) is 7.53. The maximum Gasteiger partial charge on any atom is 0.143 e. The van der Waals surface area contributed by atoms with Crippen molar-refractivity contribution in [3.63, 3.8) is 0 Å². The molecule has 0 fully saturated rings. The summed E-state index contributed by atoms with van der Waals surface area (Å²) in [4.78, 5) is 0. The lowest BCUT2D eigenvalue weighted by Gasteiger charge is -2.05. The molecule has 5 rings (SSSR count). The van der Waals surface area contributed by atoms with Crippen molar-refractivity contribution in [2.24, 2.45) is 0 Å². The van der Waals surface area contributed by atoms with Crippen molar-refractivity contribution in [3.8, 4) is 11.1 Å². The fourth-order valence-electron chi connectivity index (χ4n) is 3.76. The molecule has 26 heavy (non-hydrogen) atoms. The van der Waals surface area contributed by atoms with Gasteiger partial charge in [-0.15, -0.1) is 0 Å². The molecule has 0 bridgehead atoms. The smallest absolute Gasteiger partial charge is 0.143 e. The largest absolute Gasteiger partial charge is 0.455 e. The second-order valence-corrected chi connectivity index (χ2v) is 7.26. The Morgan fingerprint density at radius 2 is 1.54 bits per heavy atom. The molecular formula is C25H20O. The van der Waals surface area contributed by atoms with Crippen molar-refractivity contribution < 1.29 is 4.42 Å². The summed E-state index contributed by atoms with van der Waals surface area (Å²) in [5.74, 6) is 0.493. The molecule has 0 aliphatic heterocycles. The molecule has 1 heteroatoms. The molecule has 1 nitrogen and oxygen atoms in total. The van der Waals surface area contributed by atoms with Crippen molar-refractivity contribution in [1.29, 1.82) is 0 Å². The van der Waals surface area contributed by atoms with Gasteiger partial charge >= 0.3 is 0 Å². The molecule has 0 N–H and O–H groups in total. The summed E-state index contributed by atoms with van der Waals surface area (Å²) < 4.78 is 6.34. The van der Waals surface area contributed by atoms with Gasteiger partial charge < -0.3 is 4.42 Å². The van der Waals surface area contributed by atoms with Crippen LogP contribution in [0, 0.1) is 0 Å². The SMILES string of the molecule is CC(C)c1ccc2c(c1)oc1c(-c3ccc4ccccc4c3)cccc12. The minimum Gasteiger partial charge on any atom is -0.455 e. The molecule has 1 heterocycles. The second kappa shape index (κ2) is 5.74. The molecule has 5 aromatic rings. The van der Waals surface area contributed by atoms with Gasteiger partial charge in [0.2, 0.25) is 0 Å². The first kappa shape index (κ1) is 15.2. The summed E-state index contributed by atoms with van der Waals surface area (Å²) in [7, 11) is 0. The molecule has 0 unspecified atom stereocenters. The summed E-state index contributed by atoms with van der Waals surface area (Å²) in [6.45, 7) is 4.43. The Kier molecular flexibility index (Phi) is 3.36. The van der Waals surface area contributed by atoms with Gasteiger partial charge in [0.1, 0.15) is 11.2 Å². The van der Waals surface area contributed by atoms with E-state index in [0.29, 0.717) is 5.92 Å². The molecule has 0 radical (unpaired) electrons. The number of rotatable bonds is 2. The van der Waals surface area contributed by atoms with E-state index in [1.54, 1.807) is 0 Å². The molecule has 1 aromatic heterocycles. The van der Waals surface area contributed by atoms with Gasteiger partial charge in [0.15, 0.2) is 0 Å². The van der Waals surface area contributed by atoms with Crippen LogP contribution in [0.15, 0.2) is 83.3 Å².